The third-order valence-electron chi connectivity index (χ3n) is 5.72. The van der Waals surface area contributed by atoms with Crippen LogP contribution in [0.3, 0.4) is 0 Å². The largest absolute Gasteiger partial charge is 0.457 e. The number of hydrogen-bond donors (Lipinski definition) is 2. The number of esters is 1. The molecule has 4 aliphatic carbocycles. The molecule has 0 heterocycles. The van der Waals surface area contributed by atoms with Gasteiger partial charge in [-0.05, 0) is 64.2 Å². The van der Waals surface area contributed by atoms with Crippen molar-refractivity contribution in [2.75, 3.05) is 6.54 Å². The number of aliphatic hydroxyl groups is 1. The summed E-state index contributed by atoms with van der Waals surface area (Å²) in [4.78, 5) is 24.3. The molecule has 3 atom stereocenters. The van der Waals surface area contributed by atoms with Crippen molar-refractivity contribution in [1.82, 2.24) is 5.32 Å². The molecule has 0 aromatic heterocycles. The van der Waals surface area contributed by atoms with Gasteiger partial charge in [-0.1, -0.05) is 6.58 Å². The Kier molecular flexibility index (Phi) is 4.03. The SMILES string of the molecule is C=C(C)C(=O)OC(C)CNC(=O)C12CC3CC(CC(O)(C3)C1)C2. The van der Waals surface area contributed by atoms with Crippen LogP contribution in [0.4, 0.5) is 0 Å². The van der Waals surface area contributed by atoms with Crippen LogP contribution in [0.15, 0.2) is 12.2 Å². The first-order valence-electron chi connectivity index (χ1n) is 8.59. The van der Waals surface area contributed by atoms with Gasteiger partial charge in [0.15, 0.2) is 0 Å². The molecule has 2 N–H and O–H groups in total. The van der Waals surface area contributed by atoms with Crippen molar-refractivity contribution in [3.63, 3.8) is 0 Å². The van der Waals surface area contributed by atoms with Crippen LogP contribution in [0, 0.1) is 17.3 Å². The highest BCUT2D eigenvalue weighted by atomic mass is 16.5. The van der Waals surface area contributed by atoms with E-state index in [0.717, 1.165) is 32.1 Å². The predicted octanol–water partition coefficient (Wildman–Crippen LogP) is 1.94. The fraction of sp³-hybridized carbons (Fsp3) is 0.778. The summed E-state index contributed by atoms with van der Waals surface area (Å²) in [5, 5.41) is 13.7. The fourth-order valence-electron chi connectivity index (χ4n) is 5.23. The maximum Gasteiger partial charge on any atom is 0.333 e. The topological polar surface area (TPSA) is 75.6 Å². The zero-order valence-electron chi connectivity index (χ0n) is 14.1. The predicted molar refractivity (Wildman–Crippen MR) is 85.4 cm³/mol. The first-order chi connectivity index (χ1) is 10.7. The van der Waals surface area contributed by atoms with Crippen LogP contribution >= 0.6 is 0 Å². The maximum absolute atomic E-state index is 12.8. The Morgan fingerprint density at radius 1 is 1.30 bits per heavy atom. The number of carbonyl (C=O) groups is 2. The van der Waals surface area contributed by atoms with E-state index >= 15 is 0 Å². The lowest BCUT2D eigenvalue weighted by Gasteiger charge is -2.59. The standard InChI is InChI=1S/C18H27NO4/c1-11(2)15(20)23-12(3)9-19-16(21)17-5-13-4-14(6-17)8-18(22,7-13)10-17/h12-14,22H,1,4-10H2,2-3H3,(H,19,21). The molecule has 5 heteroatoms. The first-order valence-corrected chi connectivity index (χ1v) is 8.59. The lowest BCUT2D eigenvalue weighted by molar-refractivity contribution is -0.178. The second-order valence-corrected chi connectivity index (χ2v) is 8.17. The van der Waals surface area contributed by atoms with Crippen molar-refractivity contribution in [2.45, 2.75) is 64.1 Å². The van der Waals surface area contributed by atoms with Gasteiger partial charge in [-0.25, -0.2) is 4.79 Å². The number of hydrogen-bond acceptors (Lipinski definition) is 4. The number of ether oxygens (including phenoxy) is 1. The Labute approximate surface area is 137 Å². The summed E-state index contributed by atoms with van der Waals surface area (Å²) in [5.41, 5.74) is -0.706. The van der Waals surface area contributed by atoms with Crippen molar-refractivity contribution < 1.29 is 19.4 Å². The molecule has 4 rings (SSSR count). The second-order valence-electron chi connectivity index (χ2n) is 8.17. The summed E-state index contributed by atoms with van der Waals surface area (Å²) < 4.78 is 5.20. The van der Waals surface area contributed by atoms with E-state index < -0.39 is 17.0 Å². The molecule has 4 saturated carbocycles. The van der Waals surface area contributed by atoms with E-state index in [1.807, 2.05) is 0 Å². The lowest BCUT2D eigenvalue weighted by Crippen LogP contribution is -2.60. The summed E-state index contributed by atoms with van der Waals surface area (Å²) in [6.45, 7) is 7.21. The monoisotopic (exact) mass is 321 g/mol. The first kappa shape index (κ1) is 16.5. The van der Waals surface area contributed by atoms with Gasteiger partial charge in [0.25, 0.3) is 0 Å². The van der Waals surface area contributed by atoms with E-state index in [1.165, 1.54) is 0 Å². The molecule has 4 fully saturated rings. The molecule has 4 bridgehead atoms. The normalized spacial score (nSPS) is 38.9. The highest BCUT2D eigenvalue weighted by Gasteiger charge is 2.60. The van der Waals surface area contributed by atoms with Crippen LogP contribution < -0.4 is 5.32 Å². The van der Waals surface area contributed by atoms with Gasteiger partial charge in [0.2, 0.25) is 5.91 Å². The summed E-state index contributed by atoms with van der Waals surface area (Å²) in [6.07, 6.45) is 4.83. The van der Waals surface area contributed by atoms with Crippen LogP contribution in [0.25, 0.3) is 0 Å². The van der Waals surface area contributed by atoms with Gasteiger partial charge in [0, 0.05) is 5.57 Å². The molecule has 0 saturated heterocycles. The smallest absolute Gasteiger partial charge is 0.333 e. The fourth-order valence-corrected chi connectivity index (χ4v) is 5.23. The third kappa shape index (κ3) is 3.16. The average Bonchev–Trinajstić information content (AvgIpc) is 2.41. The lowest BCUT2D eigenvalue weighted by atomic mass is 9.47. The molecule has 0 spiro atoms. The molecule has 1 amide bonds. The Morgan fingerprint density at radius 2 is 1.91 bits per heavy atom. The summed E-state index contributed by atoms with van der Waals surface area (Å²) in [6, 6.07) is 0. The van der Waals surface area contributed by atoms with Gasteiger partial charge >= 0.3 is 5.97 Å². The van der Waals surface area contributed by atoms with Gasteiger partial charge < -0.3 is 15.2 Å². The molecule has 0 aromatic carbocycles. The van der Waals surface area contributed by atoms with Crippen molar-refractivity contribution >= 4 is 11.9 Å². The highest BCUT2D eigenvalue weighted by molar-refractivity contribution is 5.87. The van der Waals surface area contributed by atoms with E-state index in [-0.39, 0.29) is 12.0 Å². The van der Waals surface area contributed by atoms with E-state index in [4.69, 9.17) is 4.74 Å². The Morgan fingerprint density at radius 3 is 2.43 bits per heavy atom. The van der Waals surface area contributed by atoms with Crippen LogP contribution in [-0.4, -0.2) is 35.2 Å². The minimum absolute atomic E-state index is 0.0169. The third-order valence-corrected chi connectivity index (χ3v) is 5.72. The minimum Gasteiger partial charge on any atom is -0.457 e. The van der Waals surface area contributed by atoms with Crippen molar-refractivity contribution in [1.29, 1.82) is 0 Å². The highest BCUT2D eigenvalue weighted by Crippen LogP contribution is 2.61. The Hall–Kier alpha value is -1.36. The molecule has 3 unspecified atom stereocenters. The average molecular weight is 321 g/mol. The minimum atomic E-state index is -0.639. The van der Waals surface area contributed by atoms with Crippen molar-refractivity contribution in [3.05, 3.63) is 12.2 Å². The summed E-state index contributed by atoms with van der Waals surface area (Å²) in [7, 11) is 0. The Bertz CT molecular complexity index is 527. The number of nitrogens with one attached hydrogen (secondary N) is 1. The number of carbonyl (C=O) groups excluding carboxylic acids is 2. The molecule has 4 aliphatic rings. The molecule has 0 aromatic rings. The quantitative estimate of drug-likeness (QED) is 0.599. The van der Waals surface area contributed by atoms with Crippen LogP contribution in [0.1, 0.15) is 52.4 Å². The van der Waals surface area contributed by atoms with Gasteiger partial charge in [0.1, 0.15) is 6.10 Å². The molecule has 23 heavy (non-hydrogen) atoms. The maximum atomic E-state index is 12.8. The van der Waals surface area contributed by atoms with Crippen LogP contribution in [0.5, 0.6) is 0 Å². The van der Waals surface area contributed by atoms with E-state index in [9.17, 15) is 14.7 Å². The molecular weight excluding hydrogens is 294 g/mol. The van der Waals surface area contributed by atoms with E-state index in [0.29, 0.717) is 30.4 Å². The summed E-state index contributed by atoms with van der Waals surface area (Å²) in [5.74, 6) is 0.537. The van der Waals surface area contributed by atoms with Gasteiger partial charge in [0.05, 0.1) is 17.6 Å². The van der Waals surface area contributed by atoms with Crippen LogP contribution in [-0.2, 0) is 14.3 Å². The number of rotatable bonds is 5. The van der Waals surface area contributed by atoms with E-state index in [2.05, 4.69) is 11.9 Å². The Balaban J connectivity index is 1.58. The number of amides is 1. The second kappa shape index (κ2) is 5.62. The molecule has 0 radical (unpaired) electrons. The van der Waals surface area contributed by atoms with Gasteiger partial charge in [-0.15, -0.1) is 0 Å². The van der Waals surface area contributed by atoms with Gasteiger partial charge in [-0.2, -0.15) is 0 Å². The molecule has 128 valence electrons. The molecule has 0 aliphatic heterocycles. The van der Waals surface area contributed by atoms with Gasteiger partial charge in [-0.3, -0.25) is 4.79 Å². The van der Waals surface area contributed by atoms with Crippen LogP contribution in [0.2, 0.25) is 0 Å². The zero-order chi connectivity index (χ0) is 16.8. The molecule has 5 nitrogen and oxygen atoms in total. The zero-order valence-corrected chi connectivity index (χ0v) is 14.1. The molecular formula is C18H27NO4. The van der Waals surface area contributed by atoms with Crippen molar-refractivity contribution in [3.8, 4) is 0 Å². The van der Waals surface area contributed by atoms with E-state index in [1.54, 1.807) is 13.8 Å². The summed E-state index contributed by atoms with van der Waals surface area (Å²) >= 11 is 0. The van der Waals surface area contributed by atoms with Crippen molar-refractivity contribution in [2.24, 2.45) is 17.3 Å².